The molecule has 5 rings (SSSR count). The van der Waals surface area contributed by atoms with Crippen LogP contribution in [0, 0.1) is 10.6 Å². The standard InChI is InChI=1S/C21H23FN6S/c22-17-3-5-18(6-4-17)26-12-10-25(11-13-26)15-27-21(29)28(19-7-8-19)20(24-27)16-2-1-9-23-14-16/h1-6,9,14,19H,7-8,10-13,15H2. The first kappa shape index (κ1) is 18.4. The predicted molar refractivity (Wildman–Crippen MR) is 113 cm³/mol. The zero-order valence-electron chi connectivity index (χ0n) is 16.1. The molecular weight excluding hydrogens is 387 g/mol. The van der Waals surface area contributed by atoms with Gasteiger partial charge in [-0.3, -0.25) is 14.5 Å². The highest BCUT2D eigenvalue weighted by Gasteiger charge is 2.29. The van der Waals surface area contributed by atoms with Gasteiger partial charge in [0, 0.05) is 55.9 Å². The molecule has 1 aliphatic heterocycles. The minimum Gasteiger partial charge on any atom is -0.369 e. The predicted octanol–water partition coefficient (Wildman–Crippen LogP) is 3.73. The molecule has 2 aliphatic rings. The number of hydrogen-bond donors (Lipinski definition) is 0. The lowest BCUT2D eigenvalue weighted by Crippen LogP contribution is -2.47. The summed E-state index contributed by atoms with van der Waals surface area (Å²) in [6, 6.07) is 11.2. The van der Waals surface area contributed by atoms with Crippen molar-refractivity contribution >= 4 is 17.9 Å². The smallest absolute Gasteiger partial charge is 0.199 e. The second-order valence-corrected chi connectivity index (χ2v) is 8.04. The van der Waals surface area contributed by atoms with E-state index >= 15 is 0 Å². The molecule has 2 aromatic heterocycles. The highest BCUT2D eigenvalue weighted by atomic mass is 32.1. The average molecular weight is 411 g/mol. The summed E-state index contributed by atoms with van der Waals surface area (Å²) in [4.78, 5) is 8.90. The summed E-state index contributed by atoms with van der Waals surface area (Å²) in [5.41, 5.74) is 2.07. The Morgan fingerprint density at radius 2 is 1.79 bits per heavy atom. The Morgan fingerprint density at radius 1 is 1.03 bits per heavy atom. The summed E-state index contributed by atoms with van der Waals surface area (Å²) in [5, 5.41) is 4.86. The third kappa shape index (κ3) is 3.82. The molecule has 8 heteroatoms. The lowest BCUT2D eigenvalue weighted by Gasteiger charge is -2.35. The van der Waals surface area contributed by atoms with Crippen molar-refractivity contribution in [3.8, 4) is 11.4 Å². The van der Waals surface area contributed by atoms with Gasteiger partial charge < -0.3 is 4.90 Å². The van der Waals surface area contributed by atoms with E-state index in [4.69, 9.17) is 17.3 Å². The van der Waals surface area contributed by atoms with Crippen LogP contribution in [0.3, 0.4) is 0 Å². The fourth-order valence-electron chi connectivity index (χ4n) is 3.85. The Kier molecular flexibility index (Phi) is 4.89. The van der Waals surface area contributed by atoms with E-state index < -0.39 is 0 Å². The summed E-state index contributed by atoms with van der Waals surface area (Å²) in [7, 11) is 0. The molecule has 2 fully saturated rings. The van der Waals surface area contributed by atoms with Gasteiger partial charge in [0.25, 0.3) is 0 Å². The number of nitrogens with zero attached hydrogens (tertiary/aromatic N) is 6. The van der Waals surface area contributed by atoms with Crippen LogP contribution in [0.4, 0.5) is 10.1 Å². The van der Waals surface area contributed by atoms with Crippen LogP contribution in [0.2, 0.25) is 0 Å². The lowest BCUT2D eigenvalue weighted by molar-refractivity contribution is 0.194. The van der Waals surface area contributed by atoms with Gasteiger partial charge in [-0.1, -0.05) is 0 Å². The maximum absolute atomic E-state index is 13.2. The Bertz CT molecular complexity index is 1030. The molecule has 3 aromatic rings. The Labute approximate surface area is 174 Å². The van der Waals surface area contributed by atoms with Crippen molar-refractivity contribution in [3.63, 3.8) is 0 Å². The molecule has 0 spiro atoms. The van der Waals surface area contributed by atoms with Gasteiger partial charge in [0.2, 0.25) is 0 Å². The topological polar surface area (TPSA) is 42.1 Å². The molecule has 1 aromatic carbocycles. The van der Waals surface area contributed by atoms with Crippen LogP contribution in [0.25, 0.3) is 11.4 Å². The van der Waals surface area contributed by atoms with Crippen LogP contribution in [-0.4, -0.2) is 50.4 Å². The van der Waals surface area contributed by atoms with Crippen LogP contribution < -0.4 is 4.90 Å². The fourth-order valence-corrected chi connectivity index (χ4v) is 4.19. The SMILES string of the molecule is Fc1ccc(N2CCN(Cn3nc(-c4cccnc4)n(C4CC4)c3=S)CC2)cc1. The molecule has 0 atom stereocenters. The van der Waals surface area contributed by atoms with Crippen LogP contribution in [0.1, 0.15) is 18.9 Å². The van der Waals surface area contributed by atoms with Crippen LogP contribution in [0.5, 0.6) is 0 Å². The van der Waals surface area contributed by atoms with Gasteiger partial charge in [0.15, 0.2) is 10.6 Å². The number of hydrogen-bond acceptors (Lipinski definition) is 5. The normalized spacial score (nSPS) is 17.6. The number of aromatic nitrogens is 4. The van der Waals surface area contributed by atoms with Crippen molar-refractivity contribution in [2.24, 2.45) is 0 Å². The van der Waals surface area contributed by atoms with E-state index in [-0.39, 0.29) is 5.82 Å². The molecule has 29 heavy (non-hydrogen) atoms. The number of pyridine rings is 1. The molecule has 0 bridgehead atoms. The van der Waals surface area contributed by atoms with Gasteiger partial charge in [0.1, 0.15) is 5.82 Å². The van der Waals surface area contributed by atoms with Gasteiger partial charge in [-0.05, 0) is 61.5 Å². The first-order valence-electron chi connectivity index (χ1n) is 10.0. The molecule has 0 radical (unpaired) electrons. The second kappa shape index (κ2) is 7.68. The van der Waals surface area contributed by atoms with Gasteiger partial charge in [-0.15, -0.1) is 0 Å². The monoisotopic (exact) mass is 410 g/mol. The molecule has 3 heterocycles. The number of benzene rings is 1. The first-order valence-corrected chi connectivity index (χ1v) is 10.4. The van der Waals surface area contributed by atoms with E-state index in [1.54, 1.807) is 6.20 Å². The zero-order chi connectivity index (χ0) is 19.8. The molecule has 1 aliphatic carbocycles. The van der Waals surface area contributed by atoms with Crippen molar-refractivity contribution in [1.29, 1.82) is 0 Å². The van der Waals surface area contributed by atoms with Crippen molar-refractivity contribution in [2.45, 2.75) is 25.6 Å². The molecule has 0 unspecified atom stereocenters. The van der Waals surface area contributed by atoms with E-state index in [2.05, 4.69) is 19.4 Å². The minimum atomic E-state index is -0.197. The molecule has 1 saturated heterocycles. The lowest BCUT2D eigenvalue weighted by atomic mass is 10.2. The zero-order valence-corrected chi connectivity index (χ0v) is 16.9. The Balaban J connectivity index is 1.31. The van der Waals surface area contributed by atoms with Crippen LogP contribution in [0.15, 0.2) is 48.8 Å². The fraction of sp³-hybridized carbons (Fsp3) is 0.381. The Hall–Kier alpha value is -2.58. The maximum atomic E-state index is 13.2. The summed E-state index contributed by atoms with van der Waals surface area (Å²) in [5.74, 6) is 0.716. The van der Waals surface area contributed by atoms with E-state index in [1.165, 1.54) is 12.1 Å². The van der Waals surface area contributed by atoms with Crippen molar-refractivity contribution < 1.29 is 4.39 Å². The number of piperazine rings is 1. The van der Waals surface area contributed by atoms with Crippen molar-refractivity contribution in [2.75, 3.05) is 31.1 Å². The van der Waals surface area contributed by atoms with E-state index in [9.17, 15) is 4.39 Å². The highest BCUT2D eigenvalue weighted by Crippen LogP contribution is 2.38. The van der Waals surface area contributed by atoms with Gasteiger partial charge >= 0.3 is 0 Å². The molecule has 1 saturated carbocycles. The molecule has 0 N–H and O–H groups in total. The molecular formula is C21H23FN6S. The van der Waals surface area contributed by atoms with E-state index in [1.807, 2.05) is 35.1 Å². The summed E-state index contributed by atoms with van der Waals surface area (Å²) >= 11 is 5.78. The molecule has 0 amide bonds. The average Bonchev–Trinajstić information content (AvgIpc) is 3.54. The summed E-state index contributed by atoms with van der Waals surface area (Å²) in [6.07, 6.45) is 5.94. The van der Waals surface area contributed by atoms with Crippen molar-refractivity contribution in [1.82, 2.24) is 24.2 Å². The molecule has 6 nitrogen and oxygen atoms in total. The maximum Gasteiger partial charge on any atom is 0.199 e. The van der Waals surface area contributed by atoms with E-state index in [0.29, 0.717) is 12.7 Å². The number of halogens is 1. The van der Waals surface area contributed by atoms with E-state index in [0.717, 1.165) is 60.9 Å². The van der Waals surface area contributed by atoms with Gasteiger partial charge in [-0.2, -0.15) is 5.10 Å². The van der Waals surface area contributed by atoms with Crippen LogP contribution in [-0.2, 0) is 6.67 Å². The minimum absolute atomic E-state index is 0.197. The second-order valence-electron chi connectivity index (χ2n) is 7.67. The van der Waals surface area contributed by atoms with Crippen LogP contribution >= 0.6 is 12.2 Å². The highest BCUT2D eigenvalue weighted by molar-refractivity contribution is 7.71. The summed E-state index contributed by atoms with van der Waals surface area (Å²) < 4.78 is 18.1. The molecule has 150 valence electrons. The third-order valence-corrected chi connectivity index (χ3v) is 6.01. The number of rotatable bonds is 5. The third-order valence-electron chi connectivity index (χ3n) is 5.60. The van der Waals surface area contributed by atoms with Gasteiger partial charge in [-0.25, -0.2) is 9.07 Å². The summed E-state index contributed by atoms with van der Waals surface area (Å²) in [6.45, 7) is 4.31. The quantitative estimate of drug-likeness (QED) is 0.600. The Morgan fingerprint density at radius 3 is 2.45 bits per heavy atom. The number of anilines is 1. The largest absolute Gasteiger partial charge is 0.369 e. The van der Waals surface area contributed by atoms with Crippen molar-refractivity contribution in [3.05, 3.63) is 59.4 Å². The van der Waals surface area contributed by atoms with Gasteiger partial charge in [0.05, 0.1) is 6.67 Å². The first-order chi connectivity index (χ1) is 14.2.